The van der Waals surface area contributed by atoms with E-state index in [0.29, 0.717) is 0 Å². The molecule has 1 aliphatic rings. The summed E-state index contributed by atoms with van der Waals surface area (Å²) in [6, 6.07) is 2.92. The first-order valence-electron chi connectivity index (χ1n) is 5.09. The summed E-state index contributed by atoms with van der Waals surface area (Å²) in [6.07, 6.45) is -0.232. The molecule has 0 aliphatic heterocycles. The molecule has 1 unspecified atom stereocenters. The standard InChI is InChI=1S/C11H11F3N2OS/c1-11(2)3-8(7(5-15)6-16)10(9(17)4-11)18(12,13)14/h10H,3-4H2,1-2H3. The van der Waals surface area contributed by atoms with Gasteiger partial charge in [0.1, 0.15) is 17.7 Å². The van der Waals surface area contributed by atoms with Gasteiger partial charge in [0, 0.05) is 6.42 Å². The Morgan fingerprint density at radius 2 is 1.78 bits per heavy atom. The number of rotatable bonds is 1. The van der Waals surface area contributed by atoms with Crippen LogP contribution in [0.2, 0.25) is 0 Å². The molecule has 0 aromatic carbocycles. The summed E-state index contributed by atoms with van der Waals surface area (Å²) in [5.41, 5.74) is -1.58. The topological polar surface area (TPSA) is 64.7 Å². The first-order chi connectivity index (χ1) is 8.12. The Balaban J connectivity index is 3.41. The van der Waals surface area contributed by atoms with E-state index in [1.807, 2.05) is 0 Å². The second kappa shape index (κ2) is 4.66. The Hall–Kier alpha value is -1.47. The third-order valence-electron chi connectivity index (χ3n) is 2.74. The average molecular weight is 276 g/mol. The van der Waals surface area contributed by atoms with Crippen LogP contribution in [0.5, 0.6) is 0 Å². The van der Waals surface area contributed by atoms with Gasteiger partial charge in [0.25, 0.3) is 0 Å². The van der Waals surface area contributed by atoms with Crippen molar-refractivity contribution >= 4 is 17.0 Å². The predicted octanol–water partition coefficient (Wildman–Crippen LogP) is 3.55. The van der Waals surface area contributed by atoms with Crippen molar-refractivity contribution in [2.45, 2.75) is 31.9 Å². The van der Waals surface area contributed by atoms with Crippen LogP contribution in [0.1, 0.15) is 26.7 Å². The second-order valence-corrected chi connectivity index (χ2v) is 6.29. The molecular weight excluding hydrogens is 265 g/mol. The lowest BCUT2D eigenvalue weighted by molar-refractivity contribution is -0.121. The van der Waals surface area contributed by atoms with Gasteiger partial charge in [-0.05, 0) is 17.4 Å². The summed E-state index contributed by atoms with van der Waals surface area (Å²) in [4.78, 5) is 11.7. The first-order valence-corrected chi connectivity index (χ1v) is 6.49. The molecule has 1 atom stereocenters. The highest BCUT2D eigenvalue weighted by atomic mass is 32.3. The Morgan fingerprint density at radius 3 is 2.17 bits per heavy atom. The minimum absolute atomic E-state index is 0.0492. The van der Waals surface area contributed by atoms with Crippen LogP contribution in [0.15, 0.2) is 11.1 Å². The van der Waals surface area contributed by atoms with Crippen LogP contribution in [0.3, 0.4) is 0 Å². The molecule has 18 heavy (non-hydrogen) atoms. The van der Waals surface area contributed by atoms with E-state index in [2.05, 4.69) is 0 Å². The summed E-state index contributed by atoms with van der Waals surface area (Å²) >= 11 is -5.65. The Labute approximate surface area is 105 Å². The highest BCUT2D eigenvalue weighted by molar-refractivity contribution is 8.22. The van der Waals surface area contributed by atoms with E-state index < -0.39 is 33.2 Å². The van der Waals surface area contributed by atoms with E-state index in [-0.39, 0.29) is 18.4 Å². The van der Waals surface area contributed by atoms with E-state index in [1.54, 1.807) is 13.8 Å². The monoisotopic (exact) mass is 276 g/mol. The van der Waals surface area contributed by atoms with Gasteiger partial charge in [0.15, 0.2) is 11.0 Å². The van der Waals surface area contributed by atoms with Gasteiger partial charge in [-0.3, -0.25) is 4.79 Å². The number of nitriles is 2. The third-order valence-corrected chi connectivity index (χ3v) is 3.82. The Kier molecular flexibility index (Phi) is 3.78. The van der Waals surface area contributed by atoms with Gasteiger partial charge >= 0.3 is 0 Å². The van der Waals surface area contributed by atoms with E-state index in [9.17, 15) is 16.5 Å². The molecule has 0 spiro atoms. The fourth-order valence-electron chi connectivity index (χ4n) is 2.13. The van der Waals surface area contributed by atoms with E-state index in [4.69, 9.17) is 10.5 Å². The maximum Gasteiger partial charge on any atom is 0.223 e. The van der Waals surface area contributed by atoms with E-state index >= 15 is 0 Å². The molecule has 0 heterocycles. The van der Waals surface area contributed by atoms with E-state index in [0.717, 1.165) is 0 Å². The smallest absolute Gasteiger partial charge is 0.223 e. The molecule has 0 aromatic rings. The number of carbonyl (C=O) groups excluding carboxylic acids is 1. The second-order valence-electron chi connectivity index (χ2n) is 4.93. The van der Waals surface area contributed by atoms with Crippen LogP contribution in [0, 0.1) is 28.1 Å². The number of nitrogens with zero attached hydrogens (tertiary/aromatic N) is 2. The minimum atomic E-state index is -5.65. The number of hydrogen-bond acceptors (Lipinski definition) is 3. The summed E-state index contributed by atoms with van der Waals surface area (Å²) in [5, 5.41) is 15.2. The number of Topliss-reactive ketones (excluding diaryl/α,β-unsaturated/α-hetero) is 1. The van der Waals surface area contributed by atoms with Crippen molar-refractivity contribution in [1.29, 1.82) is 10.5 Å². The molecule has 0 radical (unpaired) electrons. The summed E-state index contributed by atoms with van der Waals surface area (Å²) in [7, 11) is 0. The van der Waals surface area contributed by atoms with E-state index in [1.165, 1.54) is 12.1 Å². The van der Waals surface area contributed by atoms with Crippen molar-refractivity contribution in [3.05, 3.63) is 11.1 Å². The van der Waals surface area contributed by atoms with Crippen molar-refractivity contribution in [2.24, 2.45) is 5.41 Å². The van der Waals surface area contributed by atoms with Gasteiger partial charge in [-0.1, -0.05) is 13.8 Å². The van der Waals surface area contributed by atoms with Gasteiger partial charge < -0.3 is 0 Å². The highest BCUT2D eigenvalue weighted by Crippen LogP contribution is 2.63. The van der Waals surface area contributed by atoms with Gasteiger partial charge in [-0.25, -0.2) is 0 Å². The fraction of sp³-hybridized carbons (Fsp3) is 0.545. The maximum absolute atomic E-state index is 12.9. The number of hydrogen-bond donors (Lipinski definition) is 0. The zero-order valence-electron chi connectivity index (χ0n) is 9.84. The molecule has 1 saturated carbocycles. The lowest BCUT2D eigenvalue weighted by atomic mass is 9.73. The molecule has 1 aliphatic carbocycles. The van der Waals surface area contributed by atoms with Crippen molar-refractivity contribution in [2.75, 3.05) is 0 Å². The van der Waals surface area contributed by atoms with Crippen LogP contribution in [0.4, 0.5) is 11.7 Å². The zero-order valence-corrected chi connectivity index (χ0v) is 10.7. The molecule has 3 nitrogen and oxygen atoms in total. The first kappa shape index (κ1) is 14.6. The molecule has 0 aromatic heterocycles. The lowest BCUT2D eigenvalue weighted by Crippen LogP contribution is -2.37. The third kappa shape index (κ3) is 2.85. The van der Waals surface area contributed by atoms with Crippen molar-refractivity contribution < 1.29 is 16.5 Å². The predicted molar refractivity (Wildman–Crippen MR) is 61.0 cm³/mol. The number of carbonyl (C=O) groups is 1. The minimum Gasteiger partial charge on any atom is -0.298 e. The van der Waals surface area contributed by atoms with Crippen LogP contribution in [-0.4, -0.2) is 11.0 Å². The molecular formula is C11H11F3N2OS. The molecule has 7 heteroatoms. The molecule has 0 saturated heterocycles. The van der Waals surface area contributed by atoms with Crippen LogP contribution < -0.4 is 0 Å². The molecule has 0 N–H and O–H groups in total. The van der Waals surface area contributed by atoms with Gasteiger partial charge in [0.05, 0.1) is 0 Å². The summed E-state index contributed by atoms with van der Waals surface area (Å²) < 4.78 is 38.8. The number of ketones is 1. The normalized spacial score (nSPS) is 24.1. The quantitative estimate of drug-likeness (QED) is 0.688. The fourth-order valence-corrected chi connectivity index (χ4v) is 3.03. The summed E-state index contributed by atoms with van der Waals surface area (Å²) in [6.45, 7) is 3.30. The average Bonchev–Trinajstić information content (AvgIpc) is 2.14. The number of allylic oxidation sites excluding steroid dienone is 1. The molecule has 0 bridgehead atoms. The maximum atomic E-state index is 12.9. The summed E-state index contributed by atoms with van der Waals surface area (Å²) in [5.74, 6) is -0.938. The molecule has 0 amide bonds. The zero-order chi connectivity index (χ0) is 14.1. The van der Waals surface area contributed by atoms with Crippen LogP contribution in [0.25, 0.3) is 0 Å². The largest absolute Gasteiger partial charge is 0.298 e. The van der Waals surface area contributed by atoms with Gasteiger partial charge in [-0.15, -0.1) is 11.7 Å². The van der Waals surface area contributed by atoms with Crippen LogP contribution in [-0.2, 0) is 4.79 Å². The molecule has 1 rings (SSSR count). The lowest BCUT2D eigenvalue weighted by Gasteiger charge is -2.37. The molecule has 98 valence electrons. The highest BCUT2D eigenvalue weighted by Gasteiger charge is 2.49. The van der Waals surface area contributed by atoms with Crippen LogP contribution >= 0.6 is 11.2 Å². The van der Waals surface area contributed by atoms with Gasteiger partial charge in [-0.2, -0.15) is 10.5 Å². The SMILES string of the molecule is CC1(C)CC(=O)C(S(F)(F)F)C(=C(C#N)C#N)C1. The number of halogens is 3. The van der Waals surface area contributed by atoms with Crippen molar-refractivity contribution in [3.63, 3.8) is 0 Å². The molecule has 1 fully saturated rings. The van der Waals surface area contributed by atoms with Crippen molar-refractivity contribution in [3.8, 4) is 12.1 Å². The Bertz CT molecular complexity index is 478. The Morgan fingerprint density at radius 1 is 1.28 bits per heavy atom. The van der Waals surface area contributed by atoms with Gasteiger partial charge in [0.2, 0.25) is 11.2 Å². The van der Waals surface area contributed by atoms with Crippen molar-refractivity contribution in [1.82, 2.24) is 0 Å².